The Hall–Kier alpha value is -2.27. The van der Waals surface area contributed by atoms with Gasteiger partial charge in [-0.25, -0.2) is 4.98 Å². The number of hydrogen-bond acceptors (Lipinski definition) is 4. The predicted octanol–water partition coefficient (Wildman–Crippen LogP) is 3.43. The molecule has 2 rings (SSSR count). The molecule has 5 nitrogen and oxygen atoms in total. The van der Waals surface area contributed by atoms with E-state index in [1.807, 2.05) is 19.1 Å². The number of ether oxygens (including phenoxy) is 1. The lowest BCUT2D eigenvalue weighted by atomic mass is 10.2. The van der Waals surface area contributed by atoms with Crippen LogP contribution in [-0.2, 0) is 0 Å². The summed E-state index contributed by atoms with van der Waals surface area (Å²) in [6.45, 7) is 2.47. The van der Waals surface area contributed by atoms with Gasteiger partial charge in [0.05, 0.1) is 17.2 Å². The summed E-state index contributed by atoms with van der Waals surface area (Å²) in [5.41, 5.74) is 1.00. The van der Waals surface area contributed by atoms with E-state index in [9.17, 15) is 4.79 Å². The van der Waals surface area contributed by atoms with Crippen LogP contribution < -0.4 is 15.4 Å². The van der Waals surface area contributed by atoms with E-state index in [4.69, 9.17) is 16.3 Å². The molecule has 0 atom stereocenters. The first-order valence-electron chi connectivity index (χ1n) is 6.51. The van der Waals surface area contributed by atoms with Crippen LogP contribution in [0.15, 0.2) is 36.5 Å². The van der Waals surface area contributed by atoms with Gasteiger partial charge in [-0.1, -0.05) is 17.7 Å². The van der Waals surface area contributed by atoms with Gasteiger partial charge in [-0.2, -0.15) is 0 Å². The average Bonchev–Trinajstić information content (AvgIpc) is 2.48. The van der Waals surface area contributed by atoms with E-state index in [2.05, 4.69) is 15.6 Å². The van der Waals surface area contributed by atoms with Crippen molar-refractivity contribution in [2.75, 3.05) is 24.3 Å². The predicted molar refractivity (Wildman–Crippen MR) is 84.4 cm³/mol. The fourth-order valence-electron chi connectivity index (χ4n) is 1.78. The Labute approximate surface area is 128 Å². The van der Waals surface area contributed by atoms with Crippen LogP contribution in [0.1, 0.15) is 17.3 Å². The Balaban J connectivity index is 2.19. The summed E-state index contributed by atoms with van der Waals surface area (Å²) in [6.07, 6.45) is 1.44. The van der Waals surface area contributed by atoms with Crippen LogP contribution in [0, 0.1) is 0 Å². The van der Waals surface area contributed by atoms with Gasteiger partial charge in [-0.3, -0.25) is 4.79 Å². The number of amides is 1. The fourth-order valence-corrected chi connectivity index (χ4v) is 1.97. The van der Waals surface area contributed by atoms with Gasteiger partial charge in [0, 0.05) is 25.0 Å². The van der Waals surface area contributed by atoms with Crippen molar-refractivity contribution in [1.82, 2.24) is 4.98 Å². The van der Waals surface area contributed by atoms with Crippen molar-refractivity contribution in [3.8, 4) is 5.75 Å². The zero-order chi connectivity index (χ0) is 15.2. The van der Waals surface area contributed by atoms with E-state index in [-0.39, 0.29) is 5.91 Å². The summed E-state index contributed by atoms with van der Waals surface area (Å²) >= 11 is 6.02. The standard InChI is InChI=1S/C15H16ClN3O2/c1-3-21-11-6-4-5-10(7-11)19-15(20)12-8-14(17-2)18-9-13(12)16/h4-9H,3H2,1-2H3,(H,17,18)(H,19,20). The van der Waals surface area contributed by atoms with Crippen molar-refractivity contribution in [2.24, 2.45) is 0 Å². The molecule has 2 aromatic rings. The Morgan fingerprint density at radius 3 is 2.90 bits per heavy atom. The van der Waals surface area contributed by atoms with Crippen molar-refractivity contribution in [3.63, 3.8) is 0 Å². The minimum Gasteiger partial charge on any atom is -0.494 e. The molecule has 1 heterocycles. The number of carbonyl (C=O) groups is 1. The van der Waals surface area contributed by atoms with Gasteiger partial charge in [0.25, 0.3) is 5.91 Å². The molecule has 0 saturated heterocycles. The van der Waals surface area contributed by atoms with Crippen LogP contribution in [0.25, 0.3) is 0 Å². The molecule has 1 aromatic carbocycles. The molecule has 0 fully saturated rings. The van der Waals surface area contributed by atoms with Gasteiger partial charge >= 0.3 is 0 Å². The maximum Gasteiger partial charge on any atom is 0.257 e. The molecule has 0 aliphatic carbocycles. The van der Waals surface area contributed by atoms with Crippen molar-refractivity contribution in [2.45, 2.75) is 6.92 Å². The first-order valence-corrected chi connectivity index (χ1v) is 6.89. The summed E-state index contributed by atoms with van der Waals surface area (Å²) in [6, 6.07) is 8.79. The number of rotatable bonds is 5. The largest absolute Gasteiger partial charge is 0.494 e. The van der Waals surface area contributed by atoms with Gasteiger partial charge in [0.15, 0.2) is 0 Å². The SMILES string of the molecule is CCOc1cccc(NC(=O)c2cc(NC)ncc2Cl)c1. The molecule has 6 heteroatoms. The third-order valence-corrected chi connectivity index (χ3v) is 3.06. The lowest BCUT2D eigenvalue weighted by molar-refractivity contribution is 0.102. The maximum atomic E-state index is 12.3. The van der Waals surface area contributed by atoms with E-state index < -0.39 is 0 Å². The number of benzene rings is 1. The number of nitrogens with zero attached hydrogens (tertiary/aromatic N) is 1. The number of nitrogens with one attached hydrogen (secondary N) is 2. The summed E-state index contributed by atoms with van der Waals surface area (Å²) in [4.78, 5) is 16.3. The minimum absolute atomic E-state index is 0.299. The highest BCUT2D eigenvalue weighted by Crippen LogP contribution is 2.21. The van der Waals surface area contributed by atoms with E-state index in [1.54, 1.807) is 25.2 Å². The van der Waals surface area contributed by atoms with E-state index in [1.165, 1.54) is 6.20 Å². The van der Waals surface area contributed by atoms with Gasteiger partial charge in [-0.05, 0) is 25.1 Å². The van der Waals surface area contributed by atoms with Gasteiger partial charge in [-0.15, -0.1) is 0 Å². The summed E-state index contributed by atoms with van der Waals surface area (Å²) in [5, 5.41) is 5.96. The van der Waals surface area contributed by atoms with Crippen molar-refractivity contribution >= 4 is 29.0 Å². The van der Waals surface area contributed by atoms with E-state index >= 15 is 0 Å². The highest BCUT2D eigenvalue weighted by atomic mass is 35.5. The van der Waals surface area contributed by atoms with Crippen LogP contribution >= 0.6 is 11.6 Å². The monoisotopic (exact) mass is 305 g/mol. The second-order valence-corrected chi connectivity index (χ2v) is 4.62. The second-order valence-electron chi connectivity index (χ2n) is 4.21. The lowest BCUT2D eigenvalue weighted by Gasteiger charge is -2.09. The Morgan fingerprint density at radius 1 is 1.38 bits per heavy atom. The third kappa shape index (κ3) is 3.86. The molecule has 0 bridgehead atoms. The molecule has 21 heavy (non-hydrogen) atoms. The molecule has 1 amide bonds. The van der Waals surface area contributed by atoms with Crippen LogP contribution in [0.2, 0.25) is 5.02 Å². The van der Waals surface area contributed by atoms with Gasteiger partial charge < -0.3 is 15.4 Å². The normalized spacial score (nSPS) is 10.0. The highest BCUT2D eigenvalue weighted by Gasteiger charge is 2.12. The molecular weight excluding hydrogens is 290 g/mol. The summed E-state index contributed by atoms with van der Waals surface area (Å²) < 4.78 is 5.40. The van der Waals surface area contributed by atoms with Crippen LogP contribution in [-0.4, -0.2) is 24.5 Å². The summed E-state index contributed by atoms with van der Waals surface area (Å²) in [7, 11) is 1.73. The smallest absolute Gasteiger partial charge is 0.257 e. The quantitative estimate of drug-likeness (QED) is 0.888. The lowest BCUT2D eigenvalue weighted by Crippen LogP contribution is -2.13. The molecule has 1 aromatic heterocycles. The average molecular weight is 306 g/mol. The van der Waals surface area contributed by atoms with Crippen LogP contribution in [0.5, 0.6) is 5.75 Å². The molecular formula is C15H16ClN3O2. The number of aromatic nitrogens is 1. The van der Waals surface area contributed by atoms with Crippen LogP contribution in [0.3, 0.4) is 0 Å². The topological polar surface area (TPSA) is 63.2 Å². The Kier molecular flexibility index (Phi) is 5.00. The molecule has 0 radical (unpaired) electrons. The number of halogens is 1. The maximum absolute atomic E-state index is 12.3. The number of hydrogen-bond donors (Lipinski definition) is 2. The zero-order valence-corrected chi connectivity index (χ0v) is 12.6. The minimum atomic E-state index is -0.299. The molecule has 2 N–H and O–H groups in total. The van der Waals surface area contributed by atoms with Crippen LogP contribution in [0.4, 0.5) is 11.5 Å². The van der Waals surface area contributed by atoms with Crippen molar-refractivity contribution < 1.29 is 9.53 Å². The highest BCUT2D eigenvalue weighted by molar-refractivity contribution is 6.34. The first kappa shape index (κ1) is 15.1. The van der Waals surface area contributed by atoms with Gasteiger partial charge in [0.1, 0.15) is 11.6 Å². The van der Waals surface area contributed by atoms with E-state index in [0.717, 1.165) is 0 Å². The fraction of sp³-hybridized carbons (Fsp3) is 0.200. The molecule has 0 spiro atoms. The third-order valence-electron chi connectivity index (χ3n) is 2.76. The zero-order valence-electron chi connectivity index (χ0n) is 11.8. The second kappa shape index (κ2) is 6.95. The van der Waals surface area contributed by atoms with Crippen molar-refractivity contribution in [1.29, 1.82) is 0 Å². The van der Waals surface area contributed by atoms with Crippen molar-refractivity contribution in [3.05, 3.63) is 47.1 Å². The molecule has 0 aliphatic rings. The number of anilines is 2. The number of carbonyl (C=O) groups excluding carboxylic acids is 1. The van der Waals surface area contributed by atoms with E-state index in [0.29, 0.717) is 34.4 Å². The first-order chi connectivity index (χ1) is 10.1. The Morgan fingerprint density at radius 2 is 2.19 bits per heavy atom. The molecule has 0 aliphatic heterocycles. The summed E-state index contributed by atoms with van der Waals surface area (Å²) in [5.74, 6) is 0.979. The van der Waals surface area contributed by atoms with Gasteiger partial charge in [0.2, 0.25) is 0 Å². The Bertz CT molecular complexity index is 647. The molecule has 110 valence electrons. The number of pyridine rings is 1. The molecule has 0 unspecified atom stereocenters. The molecule has 0 saturated carbocycles.